The van der Waals surface area contributed by atoms with Gasteiger partial charge in [-0.1, -0.05) is 11.3 Å². The van der Waals surface area contributed by atoms with Crippen LogP contribution < -0.4 is 15.4 Å². The van der Waals surface area contributed by atoms with Crippen molar-refractivity contribution >= 4 is 44.6 Å². The minimum absolute atomic E-state index is 0.00720. The van der Waals surface area contributed by atoms with E-state index in [2.05, 4.69) is 25.3 Å². The van der Waals surface area contributed by atoms with Gasteiger partial charge in [-0.05, 0) is 45.1 Å². The van der Waals surface area contributed by atoms with E-state index in [4.69, 9.17) is 4.74 Å². The second-order valence-electron chi connectivity index (χ2n) is 7.79. The minimum atomic E-state index is -4.82. The molecule has 2 aromatic rings. The molecule has 10 nitrogen and oxygen atoms in total. The molecule has 0 aliphatic carbocycles. The number of hydrogen-bond acceptors (Lipinski definition) is 8. The number of nitrogens with one attached hydrogen (secondary N) is 2. The Morgan fingerprint density at radius 3 is 2.65 bits per heavy atom. The van der Waals surface area contributed by atoms with Gasteiger partial charge in [0, 0.05) is 19.2 Å². The van der Waals surface area contributed by atoms with Crippen LogP contribution in [0.5, 0.6) is 5.75 Å². The molecule has 3 rings (SSSR count). The summed E-state index contributed by atoms with van der Waals surface area (Å²) in [4.78, 5) is 43.7. The fraction of sp³-hybridized carbons (Fsp3) is 0.500. The highest BCUT2D eigenvalue weighted by Crippen LogP contribution is 2.31. The van der Waals surface area contributed by atoms with Gasteiger partial charge < -0.3 is 29.9 Å². The third-order valence-corrected chi connectivity index (χ3v) is 5.95. The number of aromatic nitrogens is 1. The smallest absolute Gasteiger partial charge is 0.439 e. The molecule has 0 bridgehead atoms. The number of alkyl halides is 3. The van der Waals surface area contributed by atoms with Crippen LogP contribution >= 0.6 is 11.3 Å². The van der Waals surface area contributed by atoms with Gasteiger partial charge >= 0.3 is 12.5 Å². The molecular weight excluding hydrogens is 479 g/mol. The number of fused-ring (bicyclic) bond motifs is 1. The molecule has 0 radical (unpaired) electrons. The molecule has 1 aromatic carbocycles. The molecule has 1 saturated heterocycles. The van der Waals surface area contributed by atoms with Gasteiger partial charge in [-0.25, -0.2) is 9.78 Å². The third kappa shape index (κ3) is 7.73. The first kappa shape index (κ1) is 25.5. The second kappa shape index (κ2) is 10.9. The van der Waals surface area contributed by atoms with Crippen molar-refractivity contribution in [3.05, 3.63) is 18.2 Å². The molecule has 0 saturated carbocycles. The fourth-order valence-corrected chi connectivity index (χ4v) is 4.13. The zero-order valence-corrected chi connectivity index (χ0v) is 19.3. The predicted molar refractivity (Wildman–Crippen MR) is 118 cm³/mol. The summed E-state index contributed by atoms with van der Waals surface area (Å²) in [6, 6.07) is 3.62. The summed E-state index contributed by atoms with van der Waals surface area (Å²) in [5.41, 5.74) is 0.378. The number of alkyl carbamates (subject to hydrolysis) is 1. The molecule has 1 aliphatic heterocycles. The maximum atomic E-state index is 12.4. The normalized spacial score (nSPS) is 15.1. The first-order chi connectivity index (χ1) is 16.0. The Hall–Kier alpha value is -3.13. The van der Waals surface area contributed by atoms with E-state index in [1.54, 1.807) is 0 Å². The number of likely N-dealkylation sites (N-methyl/N-ethyl adjacent to an activating group) is 1. The van der Waals surface area contributed by atoms with E-state index in [1.807, 2.05) is 7.05 Å². The van der Waals surface area contributed by atoms with Crippen LogP contribution in [0.4, 0.5) is 23.1 Å². The summed E-state index contributed by atoms with van der Waals surface area (Å²) in [5.74, 6) is -1.55. The third-order valence-electron chi connectivity index (χ3n) is 5.01. The SMILES string of the molecule is CN1CCC(NC(=O)OCC(=O)N(C)CC(=O)Nc2nc3ccc(OC(F)(F)F)cc3s2)CC1. The maximum absolute atomic E-state index is 12.4. The van der Waals surface area contributed by atoms with Crippen molar-refractivity contribution in [2.24, 2.45) is 0 Å². The van der Waals surface area contributed by atoms with Gasteiger partial charge in [-0.15, -0.1) is 13.2 Å². The van der Waals surface area contributed by atoms with E-state index < -0.39 is 36.6 Å². The number of ether oxygens (including phenoxy) is 2. The average molecular weight is 504 g/mol. The van der Waals surface area contributed by atoms with Crippen molar-refractivity contribution in [3.63, 3.8) is 0 Å². The van der Waals surface area contributed by atoms with Gasteiger partial charge in [-0.3, -0.25) is 9.59 Å². The molecular formula is C20H24F3N5O5S. The number of thiazole rings is 1. The number of halogens is 3. The average Bonchev–Trinajstić information content (AvgIpc) is 3.13. The lowest BCUT2D eigenvalue weighted by atomic mass is 10.1. The molecule has 34 heavy (non-hydrogen) atoms. The van der Waals surface area contributed by atoms with Gasteiger partial charge in [0.05, 0.1) is 16.8 Å². The Balaban J connectivity index is 1.44. The van der Waals surface area contributed by atoms with Crippen molar-refractivity contribution in [2.45, 2.75) is 25.2 Å². The van der Waals surface area contributed by atoms with E-state index in [0.717, 1.165) is 48.2 Å². The van der Waals surface area contributed by atoms with Crippen molar-refractivity contribution in [2.75, 3.05) is 45.7 Å². The van der Waals surface area contributed by atoms with Crippen molar-refractivity contribution < 1.29 is 37.0 Å². The van der Waals surface area contributed by atoms with Crippen LogP contribution in [0.1, 0.15) is 12.8 Å². The number of nitrogens with zero attached hydrogens (tertiary/aromatic N) is 3. The van der Waals surface area contributed by atoms with Gasteiger partial charge in [0.2, 0.25) is 5.91 Å². The van der Waals surface area contributed by atoms with Gasteiger partial charge in [0.15, 0.2) is 11.7 Å². The molecule has 186 valence electrons. The van der Waals surface area contributed by atoms with Crippen LogP contribution in [0, 0.1) is 0 Å². The minimum Gasteiger partial charge on any atom is -0.439 e. The Bertz CT molecular complexity index is 1040. The molecule has 1 aliphatic rings. The summed E-state index contributed by atoms with van der Waals surface area (Å²) in [7, 11) is 3.37. The number of rotatable bonds is 7. The second-order valence-corrected chi connectivity index (χ2v) is 8.82. The van der Waals surface area contributed by atoms with E-state index in [9.17, 15) is 27.6 Å². The zero-order chi connectivity index (χ0) is 24.9. The first-order valence-electron chi connectivity index (χ1n) is 10.3. The maximum Gasteiger partial charge on any atom is 0.573 e. The molecule has 0 spiro atoms. The largest absolute Gasteiger partial charge is 0.573 e. The highest BCUT2D eigenvalue weighted by atomic mass is 32.1. The van der Waals surface area contributed by atoms with E-state index >= 15 is 0 Å². The number of amides is 3. The molecule has 1 fully saturated rings. The number of likely N-dealkylation sites (tertiary alicyclic amines) is 1. The number of carbonyl (C=O) groups is 3. The summed E-state index contributed by atoms with van der Waals surface area (Å²) in [6.45, 7) is 0.861. The van der Waals surface area contributed by atoms with E-state index in [0.29, 0.717) is 10.2 Å². The van der Waals surface area contributed by atoms with Crippen LogP contribution in [0.3, 0.4) is 0 Å². The molecule has 3 amide bonds. The monoisotopic (exact) mass is 503 g/mol. The number of benzene rings is 1. The Morgan fingerprint density at radius 1 is 1.26 bits per heavy atom. The number of carbonyl (C=O) groups excluding carboxylic acids is 3. The first-order valence-corrected chi connectivity index (χ1v) is 11.1. The molecule has 0 atom stereocenters. The predicted octanol–water partition coefficient (Wildman–Crippen LogP) is 2.41. The van der Waals surface area contributed by atoms with Crippen LogP contribution in [0.25, 0.3) is 10.2 Å². The molecule has 14 heteroatoms. The van der Waals surface area contributed by atoms with Gasteiger partial charge in [0.1, 0.15) is 5.75 Å². The molecule has 2 heterocycles. The van der Waals surface area contributed by atoms with E-state index in [-0.39, 0.29) is 17.7 Å². The lowest BCUT2D eigenvalue weighted by Gasteiger charge is -2.29. The standard InChI is InChI=1S/C20H24F3N5O5S/c1-27-7-5-12(6-8-27)24-19(31)32-11-17(30)28(2)10-16(29)26-18-25-14-4-3-13(9-15(14)34-18)33-20(21,22)23/h3-4,9,12H,5-8,10-11H2,1-2H3,(H,24,31)(H,25,26,29). The Labute approximate surface area is 197 Å². The molecule has 0 unspecified atom stereocenters. The Morgan fingerprint density at radius 2 is 1.97 bits per heavy atom. The summed E-state index contributed by atoms with van der Waals surface area (Å²) < 4.78 is 46.3. The van der Waals surface area contributed by atoms with Crippen LogP contribution in [-0.2, 0) is 14.3 Å². The number of hydrogen-bond donors (Lipinski definition) is 2. The van der Waals surface area contributed by atoms with Gasteiger partial charge in [-0.2, -0.15) is 0 Å². The number of piperidine rings is 1. The van der Waals surface area contributed by atoms with Crippen LogP contribution in [0.2, 0.25) is 0 Å². The molecule has 1 aromatic heterocycles. The van der Waals surface area contributed by atoms with E-state index in [1.165, 1.54) is 19.2 Å². The van der Waals surface area contributed by atoms with Crippen molar-refractivity contribution in [1.82, 2.24) is 20.1 Å². The topological polar surface area (TPSA) is 113 Å². The lowest BCUT2D eigenvalue weighted by molar-refractivity contribution is -0.274. The number of anilines is 1. The fourth-order valence-electron chi connectivity index (χ4n) is 3.22. The van der Waals surface area contributed by atoms with Crippen LogP contribution in [-0.4, -0.2) is 85.4 Å². The quantitative estimate of drug-likeness (QED) is 0.597. The highest BCUT2D eigenvalue weighted by molar-refractivity contribution is 7.22. The van der Waals surface area contributed by atoms with Crippen molar-refractivity contribution in [3.8, 4) is 5.75 Å². The lowest BCUT2D eigenvalue weighted by Crippen LogP contribution is -2.44. The van der Waals surface area contributed by atoms with Gasteiger partial charge in [0.25, 0.3) is 5.91 Å². The van der Waals surface area contributed by atoms with Crippen LogP contribution in [0.15, 0.2) is 18.2 Å². The van der Waals surface area contributed by atoms with Crippen molar-refractivity contribution in [1.29, 1.82) is 0 Å². The highest BCUT2D eigenvalue weighted by Gasteiger charge is 2.31. The molecule has 2 N–H and O–H groups in total. The zero-order valence-electron chi connectivity index (χ0n) is 18.5. The Kier molecular flexibility index (Phi) is 8.15. The summed E-state index contributed by atoms with van der Waals surface area (Å²) in [6.07, 6.45) is -3.92. The summed E-state index contributed by atoms with van der Waals surface area (Å²) in [5, 5.41) is 5.37. The summed E-state index contributed by atoms with van der Waals surface area (Å²) >= 11 is 0.958.